The molecule has 1 aromatic rings. The van der Waals surface area contributed by atoms with Gasteiger partial charge in [0.2, 0.25) is 0 Å². The summed E-state index contributed by atoms with van der Waals surface area (Å²) in [7, 11) is 0. The number of para-hydroxylation sites is 1. The Hall–Kier alpha value is -1.53. The molecule has 2 heterocycles. The van der Waals surface area contributed by atoms with Crippen LogP contribution < -0.4 is 4.90 Å². The Morgan fingerprint density at radius 1 is 1.32 bits per heavy atom. The van der Waals surface area contributed by atoms with Gasteiger partial charge in [-0.2, -0.15) is 5.26 Å². The first-order chi connectivity index (χ1) is 9.20. The standard InChI is InChI=1S/C16H21N3/c1-12-5-3-6-14(9-17)16(12)19-11-15-7-4-8-18(15)10-13(19)2/h3,5-6,13,15H,4,7-8,10-11H2,1-2H3. The molecule has 2 atom stereocenters. The van der Waals surface area contributed by atoms with E-state index in [9.17, 15) is 5.26 Å². The molecular weight excluding hydrogens is 234 g/mol. The molecule has 0 bridgehead atoms. The van der Waals surface area contributed by atoms with Gasteiger partial charge >= 0.3 is 0 Å². The molecule has 0 spiro atoms. The van der Waals surface area contributed by atoms with Gasteiger partial charge in [-0.3, -0.25) is 4.90 Å². The Kier molecular flexibility index (Phi) is 3.20. The molecule has 3 heteroatoms. The van der Waals surface area contributed by atoms with Crippen molar-refractivity contribution >= 4 is 5.69 Å². The highest BCUT2D eigenvalue weighted by Gasteiger charge is 2.35. The summed E-state index contributed by atoms with van der Waals surface area (Å²) in [5, 5.41) is 9.36. The average molecular weight is 255 g/mol. The molecule has 3 rings (SSSR count). The lowest BCUT2D eigenvalue weighted by atomic mass is 10.0. The normalized spacial score (nSPS) is 27.1. The molecule has 0 radical (unpaired) electrons. The highest BCUT2D eigenvalue weighted by atomic mass is 15.3. The van der Waals surface area contributed by atoms with Crippen molar-refractivity contribution in [3.8, 4) is 6.07 Å². The minimum Gasteiger partial charge on any atom is -0.365 e. The van der Waals surface area contributed by atoms with Crippen LogP contribution in [0.3, 0.4) is 0 Å². The molecule has 3 nitrogen and oxygen atoms in total. The third-order valence-electron chi connectivity index (χ3n) is 4.58. The highest BCUT2D eigenvalue weighted by molar-refractivity contribution is 5.65. The molecule has 19 heavy (non-hydrogen) atoms. The summed E-state index contributed by atoms with van der Waals surface area (Å²) < 4.78 is 0. The molecule has 0 amide bonds. The predicted octanol–water partition coefficient (Wildman–Crippen LogP) is 2.54. The van der Waals surface area contributed by atoms with Gasteiger partial charge in [0.05, 0.1) is 11.3 Å². The van der Waals surface area contributed by atoms with Crippen LogP contribution in [-0.2, 0) is 0 Å². The fraction of sp³-hybridized carbons (Fsp3) is 0.562. The zero-order chi connectivity index (χ0) is 13.4. The first-order valence-electron chi connectivity index (χ1n) is 7.21. The fourth-order valence-electron chi connectivity index (χ4n) is 3.63. The Bertz CT molecular complexity index is 517. The third-order valence-corrected chi connectivity index (χ3v) is 4.58. The van der Waals surface area contributed by atoms with Gasteiger partial charge in [0.1, 0.15) is 6.07 Å². The number of hydrogen-bond acceptors (Lipinski definition) is 3. The number of nitrogens with zero attached hydrogens (tertiary/aromatic N) is 3. The molecule has 0 N–H and O–H groups in total. The number of piperazine rings is 1. The van der Waals surface area contributed by atoms with E-state index in [2.05, 4.69) is 35.8 Å². The smallest absolute Gasteiger partial charge is 0.101 e. The number of fused-ring (bicyclic) bond motifs is 1. The van der Waals surface area contributed by atoms with E-state index >= 15 is 0 Å². The maximum atomic E-state index is 9.36. The van der Waals surface area contributed by atoms with Gasteiger partial charge < -0.3 is 4.90 Å². The number of benzene rings is 1. The second-order valence-corrected chi connectivity index (χ2v) is 5.88. The maximum absolute atomic E-state index is 9.36. The van der Waals surface area contributed by atoms with Crippen LogP contribution in [0.15, 0.2) is 18.2 Å². The van der Waals surface area contributed by atoms with E-state index < -0.39 is 0 Å². The number of rotatable bonds is 1. The number of anilines is 1. The van der Waals surface area contributed by atoms with Crippen molar-refractivity contribution in [2.24, 2.45) is 0 Å². The summed E-state index contributed by atoms with van der Waals surface area (Å²) in [6.45, 7) is 7.85. The van der Waals surface area contributed by atoms with E-state index in [1.54, 1.807) is 0 Å². The van der Waals surface area contributed by atoms with Crippen LogP contribution in [0.5, 0.6) is 0 Å². The van der Waals surface area contributed by atoms with Crippen molar-refractivity contribution in [1.29, 1.82) is 5.26 Å². The van der Waals surface area contributed by atoms with Crippen LogP contribution in [0, 0.1) is 18.3 Å². The first kappa shape index (κ1) is 12.5. The molecule has 2 fully saturated rings. The number of aryl methyl sites for hydroxylation is 1. The van der Waals surface area contributed by atoms with Gasteiger partial charge in [-0.05, 0) is 44.9 Å². The summed E-state index contributed by atoms with van der Waals surface area (Å²) in [6, 6.07) is 9.57. The molecule has 2 aliphatic heterocycles. The topological polar surface area (TPSA) is 30.3 Å². The molecule has 0 saturated carbocycles. The summed E-state index contributed by atoms with van der Waals surface area (Å²) >= 11 is 0. The fourth-order valence-corrected chi connectivity index (χ4v) is 3.63. The summed E-state index contributed by atoms with van der Waals surface area (Å²) in [4.78, 5) is 5.08. The van der Waals surface area contributed by atoms with Gasteiger partial charge in [0.25, 0.3) is 0 Å². The number of nitriles is 1. The molecule has 2 saturated heterocycles. The van der Waals surface area contributed by atoms with Crippen LogP contribution >= 0.6 is 0 Å². The monoisotopic (exact) mass is 255 g/mol. The van der Waals surface area contributed by atoms with E-state index in [0.717, 1.165) is 24.3 Å². The summed E-state index contributed by atoms with van der Waals surface area (Å²) in [6.07, 6.45) is 2.63. The van der Waals surface area contributed by atoms with Crippen molar-refractivity contribution in [3.63, 3.8) is 0 Å². The zero-order valence-electron chi connectivity index (χ0n) is 11.8. The lowest BCUT2D eigenvalue weighted by molar-refractivity contribution is 0.203. The van der Waals surface area contributed by atoms with Gasteiger partial charge in [-0.1, -0.05) is 12.1 Å². The first-order valence-corrected chi connectivity index (χ1v) is 7.21. The van der Waals surface area contributed by atoms with Gasteiger partial charge in [0.15, 0.2) is 0 Å². The van der Waals surface area contributed by atoms with Crippen LogP contribution in [0.4, 0.5) is 5.69 Å². The van der Waals surface area contributed by atoms with Crippen molar-refractivity contribution in [1.82, 2.24) is 4.90 Å². The third kappa shape index (κ3) is 2.11. The van der Waals surface area contributed by atoms with E-state index in [1.165, 1.54) is 24.9 Å². The van der Waals surface area contributed by atoms with E-state index in [-0.39, 0.29) is 0 Å². The molecule has 100 valence electrons. The molecule has 2 unspecified atom stereocenters. The van der Waals surface area contributed by atoms with Gasteiger partial charge in [0, 0.05) is 25.2 Å². The minimum atomic E-state index is 0.488. The maximum Gasteiger partial charge on any atom is 0.101 e. The van der Waals surface area contributed by atoms with Crippen LogP contribution in [0.2, 0.25) is 0 Å². The Morgan fingerprint density at radius 3 is 2.95 bits per heavy atom. The van der Waals surface area contributed by atoms with E-state index in [0.29, 0.717) is 12.1 Å². The molecule has 2 aliphatic rings. The zero-order valence-corrected chi connectivity index (χ0v) is 11.8. The SMILES string of the molecule is Cc1cccc(C#N)c1N1CC2CCCN2CC1C. The van der Waals surface area contributed by atoms with Crippen LogP contribution in [0.1, 0.15) is 30.9 Å². The highest BCUT2D eigenvalue weighted by Crippen LogP contribution is 2.32. The molecule has 0 aromatic heterocycles. The Labute approximate surface area is 115 Å². The van der Waals surface area contributed by atoms with Crippen molar-refractivity contribution in [2.75, 3.05) is 24.5 Å². The van der Waals surface area contributed by atoms with Crippen molar-refractivity contribution in [3.05, 3.63) is 29.3 Å². The van der Waals surface area contributed by atoms with Crippen LogP contribution in [-0.4, -0.2) is 36.6 Å². The van der Waals surface area contributed by atoms with E-state index in [1.807, 2.05) is 12.1 Å². The quantitative estimate of drug-likeness (QED) is 0.772. The van der Waals surface area contributed by atoms with E-state index in [4.69, 9.17) is 0 Å². The van der Waals surface area contributed by atoms with Gasteiger partial charge in [-0.15, -0.1) is 0 Å². The second-order valence-electron chi connectivity index (χ2n) is 5.88. The predicted molar refractivity (Wildman–Crippen MR) is 77.3 cm³/mol. The molecular formula is C16H21N3. The number of hydrogen-bond donors (Lipinski definition) is 0. The molecule has 0 aliphatic carbocycles. The average Bonchev–Trinajstić information content (AvgIpc) is 2.84. The lowest BCUT2D eigenvalue weighted by Gasteiger charge is -2.44. The molecule has 1 aromatic carbocycles. The Morgan fingerprint density at radius 2 is 2.16 bits per heavy atom. The summed E-state index contributed by atoms with van der Waals surface area (Å²) in [5.41, 5.74) is 3.19. The second kappa shape index (κ2) is 4.86. The lowest BCUT2D eigenvalue weighted by Crippen LogP contribution is -2.55. The van der Waals surface area contributed by atoms with Crippen molar-refractivity contribution in [2.45, 2.75) is 38.8 Å². The van der Waals surface area contributed by atoms with Crippen LogP contribution in [0.25, 0.3) is 0 Å². The van der Waals surface area contributed by atoms with Gasteiger partial charge in [-0.25, -0.2) is 0 Å². The largest absolute Gasteiger partial charge is 0.365 e. The minimum absolute atomic E-state index is 0.488. The van der Waals surface area contributed by atoms with Crippen molar-refractivity contribution < 1.29 is 0 Å². The Balaban J connectivity index is 1.96. The summed E-state index contributed by atoms with van der Waals surface area (Å²) in [5.74, 6) is 0.